The molecule has 0 amide bonds. The van der Waals surface area contributed by atoms with Gasteiger partial charge < -0.3 is 10.5 Å². The van der Waals surface area contributed by atoms with Crippen LogP contribution in [0.15, 0.2) is 12.1 Å². The third-order valence-electron chi connectivity index (χ3n) is 3.26. The number of anilines is 1. The Hall–Kier alpha value is -1.32. The zero-order chi connectivity index (χ0) is 12.3. The molecule has 0 atom stereocenters. The van der Waals surface area contributed by atoms with Crippen LogP contribution in [0.5, 0.6) is 5.75 Å². The second-order valence-corrected chi connectivity index (χ2v) is 4.61. The Labute approximate surface area is 99.8 Å². The Kier molecular flexibility index (Phi) is 3.82. The number of rotatable bonds is 3. The zero-order valence-electron chi connectivity index (χ0n) is 9.72. The third kappa shape index (κ3) is 3.08. The lowest BCUT2D eigenvalue weighted by atomic mass is 9.90. The summed E-state index contributed by atoms with van der Waals surface area (Å²) in [5.41, 5.74) is 5.39. The second kappa shape index (κ2) is 5.34. The smallest absolute Gasteiger partial charge is 0.152 e. The summed E-state index contributed by atoms with van der Waals surface area (Å²) in [6, 6.07) is 1.91. The predicted molar refractivity (Wildman–Crippen MR) is 62.8 cm³/mol. The summed E-state index contributed by atoms with van der Waals surface area (Å²) >= 11 is 0. The van der Waals surface area contributed by atoms with Crippen LogP contribution in [-0.4, -0.2) is 6.61 Å². The van der Waals surface area contributed by atoms with Crippen molar-refractivity contribution in [2.75, 3.05) is 12.3 Å². The van der Waals surface area contributed by atoms with E-state index in [-0.39, 0.29) is 11.4 Å². The number of ether oxygens (including phenoxy) is 1. The maximum Gasteiger partial charge on any atom is 0.152 e. The molecule has 0 aliphatic heterocycles. The van der Waals surface area contributed by atoms with Gasteiger partial charge in [-0.25, -0.2) is 8.78 Å². The van der Waals surface area contributed by atoms with E-state index in [4.69, 9.17) is 10.5 Å². The van der Waals surface area contributed by atoms with Gasteiger partial charge in [-0.05, 0) is 18.8 Å². The molecule has 2 rings (SSSR count). The maximum atomic E-state index is 13.2. The fraction of sp³-hybridized carbons (Fsp3) is 0.538. The van der Waals surface area contributed by atoms with Gasteiger partial charge in [-0.1, -0.05) is 19.3 Å². The molecule has 2 nitrogen and oxygen atoms in total. The van der Waals surface area contributed by atoms with Crippen LogP contribution in [0.4, 0.5) is 14.5 Å². The Bertz CT molecular complexity index is 389. The monoisotopic (exact) mass is 241 g/mol. The molecular weight excluding hydrogens is 224 g/mol. The van der Waals surface area contributed by atoms with Gasteiger partial charge in [0.15, 0.2) is 5.82 Å². The van der Waals surface area contributed by atoms with Crippen LogP contribution in [0.3, 0.4) is 0 Å². The minimum atomic E-state index is -0.761. The Morgan fingerprint density at radius 1 is 1.18 bits per heavy atom. The van der Waals surface area contributed by atoms with E-state index < -0.39 is 11.6 Å². The molecule has 94 valence electrons. The van der Waals surface area contributed by atoms with E-state index in [1.165, 1.54) is 19.3 Å². The number of nitrogen functional groups attached to an aromatic ring is 1. The summed E-state index contributed by atoms with van der Waals surface area (Å²) in [6.45, 7) is 0.493. The molecule has 1 aliphatic carbocycles. The molecule has 0 radical (unpaired) electrons. The molecule has 2 N–H and O–H groups in total. The lowest BCUT2D eigenvalue weighted by Gasteiger charge is -2.22. The molecule has 4 heteroatoms. The average Bonchev–Trinajstić information content (AvgIpc) is 2.33. The standard InChI is InChI=1S/C13H17F2NO/c14-10-6-11(15)13(16)12(7-10)17-8-9-4-2-1-3-5-9/h6-7,9H,1-5,8,16H2. The van der Waals surface area contributed by atoms with Crippen LogP contribution in [-0.2, 0) is 0 Å². The summed E-state index contributed by atoms with van der Waals surface area (Å²) in [5.74, 6) is -0.818. The van der Waals surface area contributed by atoms with Gasteiger partial charge in [-0.15, -0.1) is 0 Å². The van der Waals surface area contributed by atoms with Crippen molar-refractivity contribution in [2.45, 2.75) is 32.1 Å². The summed E-state index contributed by atoms with van der Waals surface area (Å²) in [7, 11) is 0. The third-order valence-corrected chi connectivity index (χ3v) is 3.26. The number of hydrogen-bond acceptors (Lipinski definition) is 2. The van der Waals surface area contributed by atoms with Gasteiger partial charge >= 0.3 is 0 Å². The van der Waals surface area contributed by atoms with Gasteiger partial charge in [0.25, 0.3) is 0 Å². The predicted octanol–water partition coefficient (Wildman–Crippen LogP) is 3.51. The first-order valence-electron chi connectivity index (χ1n) is 6.04. The number of nitrogens with two attached hydrogens (primary N) is 1. The minimum Gasteiger partial charge on any atom is -0.491 e. The van der Waals surface area contributed by atoms with E-state index in [9.17, 15) is 8.78 Å². The van der Waals surface area contributed by atoms with Crippen LogP contribution < -0.4 is 10.5 Å². The number of halogens is 2. The van der Waals surface area contributed by atoms with Gasteiger partial charge in [-0.2, -0.15) is 0 Å². The van der Waals surface area contributed by atoms with E-state index in [0.29, 0.717) is 12.5 Å². The summed E-state index contributed by atoms with van der Waals surface area (Å²) < 4.78 is 31.6. The van der Waals surface area contributed by atoms with Crippen molar-refractivity contribution in [2.24, 2.45) is 5.92 Å². The Balaban J connectivity index is 1.98. The highest BCUT2D eigenvalue weighted by Gasteiger charge is 2.16. The van der Waals surface area contributed by atoms with E-state index in [2.05, 4.69) is 0 Å². The van der Waals surface area contributed by atoms with Crippen molar-refractivity contribution in [3.63, 3.8) is 0 Å². The van der Waals surface area contributed by atoms with Crippen molar-refractivity contribution < 1.29 is 13.5 Å². The maximum absolute atomic E-state index is 13.2. The largest absolute Gasteiger partial charge is 0.491 e. The van der Waals surface area contributed by atoms with Crippen LogP contribution in [0.1, 0.15) is 32.1 Å². The summed E-state index contributed by atoms with van der Waals surface area (Å²) in [5, 5.41) is 0. The topological polar surface area (TPSA) is 35.2 Å². The quantitative estimate of drug-likeness (QED) is 0.822. The van der Waals surface area contributed by atoms with Crippen LogP contribution in [0, 0.1) is 17.6 Å². The molecular formula is C13H17F2NO. The van der Waals surface area contributed by atoms with Crippen molar-refractivity contribution in [1.82, 2.24) is 0 Å². The molecule has 1 aromatic rings. The Morgan fingerprint density at radius 3 is 2.59 bits per heavy atom. The second-order valence-electron chi connectivity index (χ2n) is 4.61. The van der Waals surface area contributed by atoms with E-state index in [1.807, 2.05) is 0 Å². The minimum absolute atomic E-state index is 0.109. The number of hydrogen-bond donors (Lipinski definition) is 1. The molecule has 0 saturated heterocycles. The molecule has 0 unspecified atom stereocenters. The normalized spacial score (nSPS) is 17.1. The first-order chi connectivity index (χ1) is 8.16. The average molecular weight is 241 g/mol. The molecule has 17 heavy (non-hydrogen) atoms. The van der Waals surface area contributed by atoms with Gasteiger partial charge in [-0.3, -0.25) is 0 Å². The number of benzene rings is 1. The van der Waals surface area contributed by atoms with E-state index >= 15 is 0 Å². The van der Waals surface area contributed by atoms with Gasteiger partial charge in [0.1, 0.15) is 17.3 Å². The molecule has 0 heterocycles. The first-order valence-corrected chi connectivity index (χ1v) is 6.04. The van der Waals surface area contributed by atoms with E-state index in [1.54, 1.807) is 0 Å². The van der Waals surface area contributed by atoms with Crippen LogP contribution in [0.25, 0.3) is 0 Å². The molecule has 1 saturated carbocycles. The molecule has 1 aromatic carbocycles. The molecule has 0 aromatic heterocycles. The van der Waals surface area contributed by atoms with Gasteiger partial charge in [0, 0.05) is 12.1 Å². The van der Waals surface area contributed by atoms with Crippen LogP contribution >= 0.6 is 0 Å². The van der Waals surface area contributed by atoms with Crippen molar-refractivity contribution in [3.8, 4) is 5.75 Å². The fourth-order valence-electron chi connectivity index (χ4n) is 2.24. The SMILES string of the molecule is Nc1c(F)cc(F)cc1OCC1CCCCC1. The van der Waals surface area contributed by atoms with Gasteiger partial charge in [0.2, 0.25) is 0 Å². The van der Waals surface area contributed by atoms with Crippen LogP contribution in [0.2, 0.25) is 0 Å². The Morgan fingerprint density at radius 2 is 1.88 bits per heavy atom. The highest BCUT2D eigenvalue weighted by Crippen LogP contribution is 2.29. The van der Waals surface area contributed by atoms with E-state index in [0.717, 1.165) is 25.0 Å². The van der Waals surface area contributed by atoms with Crippen molar-refractivity contribution in [1.29, 1.82) is 0 Å². The zero-order valence-corrected chi connectivity index (χ0v) is 9.72. The molecule has 1 fully saturated rings. The summed E-state index contributed by atoms with van der Waals surface area (Å²) in [6.07, 6.45) is 5.94. The highest BCUT2D eigenvalue weighted by atomic mass is 19.1. The van der Waals surface area contributed by atoms with Crippen molar-refractivity contribution in [3.05, 3.63) is 23.8 Å². The first kappa shape index (κ1) is 12.1. The van der Waals surface area contributed by atoms with Crippen molar-refractivity contribution >= 4 is 5.69 Å². The molecule has 0 spiro atoms. The lowest BCUT2D eigenvalue weighted by Crippen LogP contribution is -2.16. The van der Waals surface area contributed by atoms with Gasteiger partial charge in [0.05, 0.1) is 6.61 Å². The summed E-state index contributed by atoms with van der Waals surface area (Å²) in [4.78, 5) is 0. The molecule has 0 bridgehead atoms. The lowest BCUT2D eigenvalue weighted by molar-refractivity contribution is 0.208. The molecule has 1 aliphatic rings. The fourth-order valence-corrected chi connectivity index (χ4v) is 2.24. The highest BCUT2D eigenvalue weighted by molar-refractivity contribution is 5.53.